The molecule has 3 rings (SSSR count). The van der Waals surface area contributed by atoms with E-state index in [1.165, 1.54) is 33.3 Å². The van der Waals surface area contributed by atoms with E-state index in [1.54, 1.807) is 17.4 Å². The van der Waals surface area contributed by atoms with E-state index in [4.69, 9.17) is 0 Å². The van der Waals surface area contributed by atoms with E-state index in [9.17, 15) is 13.2 Å². The van der Waals surface area contributed by atoms with E-state index >= 15 is 0 Å². The Bertz CT molecular complexity index is 882. The highest BCUT2D eigenvalue weighted by molar-refractivity contribution is 7.17. The predicted molar refractivity (Wildman–Crippen MR) is 103 cm³/mol. The third kappa shape index (κ3) is 4.27. The van der Waals surface area contributed by atoms with Gasteiger partial charge in [-0.05, 0) is 67.4 Å². The van der Waals surface area contributed by atoms with Crippen molar-refractivity contribution >= 4 is 21.4 Å². The molecule has 138 valence electrons. The van der Waals surface area contributed by atoms with Crippen LogP contribution in [-0.4, -0.2) is 6.54 Å². The first kappa shape index (κ1) is 18.9. The minimum absolute atomic E-state index is 0.214. The summed E-state index contributed by atoms with van der Waals surface area (Å²) in [7, 11) is 0. The number of aryl methyl sites for hydroxylation is 2. The number of benzene rings is 2. The van der Waals surface area contributed by atoms with Crippen molar-refractivity contribution in [2.75, 3.05) is 6.54 Å². The molecular weight excluding hydrogens is 355 g/mol. The van der Waals surface area contributed by atoms with E-state index < -0.39 is 11.7 Å². The Hall–Kier alpha value is -1.85. The summed E-state index contributed by atoms with van der Waals surface area (Å²) >= 11 is 1.75. The standard InChI is InChI=1S/C21H22F3NS/c1-14-6-3-10-19-20(14)18(13-26-19)15(2)25-11-5-8-16-7-4-9-17(12-16)21(22,23)24/h3-4,6-7,9-10,12-13,15,25H,5,8,11H2,1-2H3. The molecule has 1 nitrogen and oxygen atoms in total. The molecule has 1 N–H and O–H groups in total. The van der Waals surface area contributed by atoms with Crippen LogP contribution >= 0.6 is 11.3 Å². The average Bonchev–Trinajstić information content (AvgIpc) is 3.04. The van der Waals surface area contributed by atoms with Crippen molar-refractivity contribution in [3.8, 4) is 0 Å². The molecule has 0 aliphatic carbocycles. The Morgan fingerprint density at radius 2 is 1.88 bits per heavy atom. The van der Waals surface area contributed by atoms with Crippen LogP contribution in [0.3, 0.4) is 0 Å². The largest absolute Gasteiger partial charge is 0.416 e. The normalized spacial score (nSPS) is 13.3. The van der Waals surface area contributed by atoms with Gasteiger partial charge in [0.15, 0.2) is 0 Å². The molecule has 1 heterocycles. The number of nitrogens with one attached hydrogen (secondary N) is 1. The van der Waals surface area contributed by atoms with Crippen LogP contribution in [0.2, 0.25) is 0 Å². The number of alkyl halides is 3. The lowest BCUT2D eigenvalue weighted by Crippen LogP contribution is -2.20. The van der Waals surface area contributed by atoms with Gasteiger partial charge >= 0.3 is 6.18 Å². The van der Waals surface area contributed by atoms with Gasteiger partial charge in [0.1, 0.15) is 0 Å². The second-order valence-corrected chi connectivity index (χ2v) is 7.53. The van der Waals surface area contributed by atoms with Gasteiger partial charge in [-0.1, -0.05) is 30.3 Å². The van der Waals surface area contributed by atoms with Crippen LogP contribution in [0.15, 0.2) is 47.8 Å². The van der Waals surface area contributed by atoms with E-state index in [2.05, 4.69) is 42.7 Å². The van der Waals surface area contributed by atoms with Gasteiger partial charge in [0.05, 0.1) is 5.56 Å². The Labute approximate surface area is 155 Å². The maximum Gasteiger partial charge on any atom is 0.416 e. The van der Waals surface area contributed by atoms with Crippen molar-refractivity contribution in [1.82, 2.24) is 5.32 Å². The van der Waals surface area contributed by atoms with Crippen molar-refractivity contribution in [3.63, 3.8) is 0 Å². The molecule has 0 fully saturated rings. The number of fused-ring (bicyclic) bond motifs is 1. The van der Waals surface area contributed by atoms with Crippen molar-refractivity contribution in [1.29, 1.82) is 0 Å². The van der Waals surface area contributed by atoms with Gasteiger partial charge < -0.3 is 5.32 Å². The fraction of sp³-hybridized carbons (Fsp3) is 0.333. The van der Waals surface area contributed by atoms with E-state index in [0.29, 0.717) is 6.42 Å². The molecule has 3 aromatic rings. The molecule has 0 aliphatic heterocycles. The molecule has 2 aromatic carbocycles. The summed E-state index contributed by atoms with van der Waals surface area (Å²) in [6.07, 6.45) is -2.85. The number of hydrogen-bond acceptors (Lipinski definition) is 2. The molecular formula is C21H22F3NS. The predicted octanol–water partition coefficient (Wildman–Crippen LogP) is 6.51. The van der Waals surface area contributed by atoms with Gasteiger partial charge in [0.25, 0.3) is 0 Å². The topological polar surface area (TPSA) is 12.0 Å². The average molecular weight is 377 g/mol. The lowest BCUT2D eigenvalue weighted by molar-refractivity contribution is -0.137. The molecule has 5 heteroatoms. The zero-order valence-electron chi connectivity index (χ0n) is 14.9. The molecule has 0 saturated heterocycles. The summed E-state index contributed by atoms with van der Waals surface area (Å²) in [6.45, 7) is 5.03. The zero-order chi connectivity index (χ0) is 18.7. The Morgan fingerprint density at radius 1 is 1.12 bits per heavy atom. The second-order valence-electron chi connectivity index (χ2n) is 6.62. The van der Waals surface area contributed by atoms with E-state index in [-0.39, 0.29) is 6.04 Å². The lowest BCUT2D eigenvalue weighted by Gasteiger charge is -2.14. The van der Waals surface area contributed by atoms with Crippen LogP contribution in [0.5, 0.6) is 0 Å². The minimum atomic E-state index is -4.28. The van der Waals surface area contributed by atoms with Crippen molar-refractivity contribution < 1.29 is 13.2 Å². The van der Waals surface area contributed by atoms with Gasteiger partial charge in [0, 0.05) is 16.1 Å². The zero-order valence-corrected chi connectivity index (χ0v) is 15.7. The molecule has 0 amide bonds. The molecule has 1 unspecified atom stereocenters. The summed E-state index contributed by atoms with van der Waals surface area (Å²) in [5.74, 6) is 0. The van der Waals surface area contributed by atoms with E-state index in [0.717, 1.165) is 24.6 Å². The summed E-state index contributed by atoms with van der Waals surface area (Å²) in [6, 6.07) is 12.2. The van der Waals surface area contributed by atoms with Gasteiger partial charge in [-0.3, -0.25) is 0 Å². The Morgan fingerprint density at radius 3 is 2.65 bits per heavy atom. The number of rotatable bonds is 6. The van der Waals surface area contributed by atoms with Gasteiger partial charge in [-0.2, -0.15) is 13.2 Å². The first-order chi connectivity index (χ1) is 12.4. The molecule has 0 aliphatic rings. The van der Waals surface area contributed by atoms with Crippen LogP contribution in [0.25, 0.3) is 10.1 Å². The molecule has 0 saturated carbocycles. The van der Waals surface area contributed by atoms with Crippen LogP contribution < -0.4 is 5.32 Å². The van der Waals surface area contributed by atoms with Crippen LogP contribution in [0.4, 0.5) is 13.2 Å². The molecule has 0 radical (unpaired) electrons. The molecule has 1 aromatic heterocycles. The maximum atomic E-state index is 12.8. The first-order valence-electron chi connectivity index (χ1n) is 8.72. The number of thiophene rings is 1. The van der Waals surface area contributed by atoms with Crippen molar-refractivity contribution in [2.45, 2.75) is 38.9 Å². The quantitative estimate of drug-likeness (QED) is 0.483. The van der Waals surface area contributed by atoms with Gasteiger partial charge in [0.2, 0.25) is 0 Å². The fourth-order valence-corrected chi connectivity index (χ4v) is 4.37. The first-order valence-corrected chi connectivity index (χ1v) is 9.60. The number of hydrogen-bond donors (Lipinski definition) is 1. The lowest BCUT2D eigenvalue weighted by atomic mass is 10.0. The molecule has 1 atom stereocenters. The van der Waals surface area contributed by atoms with Gasteiger partial charge in [-0.25, -0.2) is 0 Å². The van der Waals surface area contributed by atoms with Crippen molar-refractivity contribution in [2.24, 2.45) is 0 Å². The second kappa shape index (κ2) is 7.80. The minimum Gasteiger partial charge on any atom is -0.310 e. The highest BCUT2D eigenvalue weighted by atomic mass is 32.1. The molecule has 26 heavy (non-hydrogen) atoms. The van der Waals surface area contributed by atoms with Crippen LogP contribution in [-0.2, 0) is 12.6 Å². The van der Waals surface area contributed by atoms with Crippen molar-refractivity contribution in [3.05, 3.63) is 70.1 Å². The Kier molecular flexibility index (Phi) is 5.68. The highest BCUT2D eigenvalue weighted by Gasteiger charge is 2.30. The van der Waals surface area contributed by atoms with Crippen LogP contribution in [0, 0.1) is 6.92 Å². The molecule has 0 spiro atoms. The van der Waals surface area contributed by atoms with Crippen LogP contribution in [0.1, 0.15) is 41.6 Å². The monoisotopic (exact) mass is 377 g/mol. The fourth-order valence-electron chi connectivity index (χ4n) is 3.24. The summed E-state index contributed by atoms with van der Waals surface area (Å²) in [4.78, 5) is 0. The summed E-state index contributed by atoms with van der Waals surface area (Å²) < 4.78 is 39.6. The third-order valence-electron chi connectivity index (χ3n) is 4.65. The summed E-state index contributed by atoms with van der Waals surface area (Å²) in [5.41, 5.74) is 2.72. The third-order valence-corrected chi connectivity index (χ3v) is 5.62. The molecule has 0 bridgehead atoms. The maximum absolute atomic E-state index is 12.8. The smallest absolute Gasteiger partial charge is 0.310 e. The van der Waals surface area contributed by atoms with Gasteiger partial charge in [-0.15, -0.1) is 11.3 Å². The SMILES string of the molecule is Cc1cccc2scc(C(C)NCCCc3cccc(C(F)(F)F)c3)c12. The Balaban J connectivity index is 1.57. The summed E-state index contributed by atoms with van der Waals surface area (Å²) in [5, 5.41) is 7.02. The van der Waals surface area contributed by atoms with E-state index in [1.807, 2.05) is 0 Å². The highest BCUT2D eigenvalue weighted by Crippen LogP contribution is 2.33. The number of halogens is 3.